The lowest BCUT2D eigenvalue weighted by atomic mass is 10.4. The summed E-state index contributed by atoms with van der Waals surface area (Å²) in [4.78, 5) is 22.6. The lowest BCUT2D eigenvalue weighted by Crippen LogP contribution is -2.07. The van der Waals surface area contributed by atoms with Gasteiger partial charge in [-0.2, -0.15) is 0 Å². The van der Waals surface area contributed by atoms with Gasteiger partial charge < -0.3 is 18.9 Å². The van der Waals surface area contributed by atoms with E-state index in [2.05, 4.69) is 0 Å². The maximum Gasteiger partial charge on any atom is 0.331 e. The van der Waals surface area contributed by atoms with Gasteiger partial charge in [-0.3, -0.25) is 0 Å². The van der Waals surface area contributed by atoms with Crippen molar-refractivity contribution in [3.63, 3.8) is 0 Å². The smallest absolute Gasteiger partial charge is 0.331 e. The van der Waals surface area contributed by atoms with E-state index in [1.807, 2.05) is 13.8 Å². The number of carbonyl (C=O) groups is 2. The molecule has 0 saturated carbocycles. The lowest BCUT2D eigenvalue weighted by molar-refractivity contribution is -0.140. The second kappa shape index (κ2) is 15.2. The molecule has 0 unspecified atom stereocenters. The number of allylic oxidation sites excluding steroid dienone is 2. The van der Waals surface area contributed by atoms with E-state index >= 15 is 0 Å². The lowest BCUT2D eigenvalue weighted by Gasteiger charge is -2.03. The van der Waals surface area contributed by atoms with Crippen LogP contribution < -0.4 is 0 Å². The maximum absolute atomic E-state index is 11.3. The van der Waals surface area contributed by atoms with Crippen molar-refractivity contribution < 1.29 is 28.5 Å². The molecule has 0 aliphatic rings. The van der Waals surface area contributed by atoms with Gasteiger partial charge in [0.05, 0.1) is 39.0 Å². The van der Waals surface area contributed by atoms with Crippen LogP contribution in [0.1, 0.15) is 26.7 Å². The second-order valence-corrected chi connectivity index (χ2v) is 4.06. The summed E-state index contributed by atoms with van der Waals surface area (Å²) in [6.07, 6.45) is 9.95. The highest BCUT2D eigenvalue weighted by molar-refractivity contribution is 5.91. The molecule has 0 aromatic heterocycles. The first-order valence-corrected chi connectivity index (χ1v) is 7.17. The van der Waals surface area contributed by atoms with Crippen LogP contribution in [0.4, 0.5) is 0 Å². The van der Waals surface area contributed by atoms with Crippen molar-refractivity contribution in [2.75, 3.05) is 26.4 Å². The van der Waals surface area contributed by atoms with Crippen LogP contribution in [-0.4, -0.2) is 38.4 Å². The van der Waals surface area contributed by atoms with Crippen LogP contribution in [-0.2, 0) is 28.5 Å². The van der Waals surface area contributed by atoms with E-state index in [0.29, 0.717) is 26.1 Å². The summed E-state index contributed by atoms with van der Waals surface area (Å²) in [6.45, 7) is 5.10. The molecule has 0 atom stereocenters. The number of carbonyl (C=O) groups excluding carboxylic acids is 2. The number of esters is 2. The van der Waals surface area contributed by atoms with Gasteiger partial charge >= 0.3 is 11.9 Å². The monoisotopic (exact) mass is 312 g/mol. The molecule has 0 heterocycles. The fourth-order valence-corrected chi connectivity index (χ4v) is 1.19. The fourth-order valence-electron chi connectivity index (χ4n) is 1.19. The maximum atomic E-state index is 11.3. The Labute approximate surface area is 131 Å². The first-order valence-electron chi connectivity index (χ1n) is 7.17. The van der Waals surface area contributed by atoms with E-state index in [4.69, 9.17) is 18.9 Å². The molecule has 0 N–H and O–H groups in total. The van der Waals surface area contributed by atoms with Gasteiger partial charge in [-0.1, -0.05) is 12.2 Å². The van der Waals surface area contributed by atoms with Crippen molar-refractivity contribution >= 4 is 11.9 Å². The Kier molecular flexibility index (Phi) is 13.6. The molecular weight excluding hydrogens is 288 g/mol. The third-order valence-corrected chi connectivity index (χ3v) is 2.12. The summed E-state index contributed by atoms with van der Waals surface area (Å²) < 4.78 is 19.9. The molecule has 0 saturated heterocycles. The van der Waals surface area contributed by atoms with Crippen molar-refractivity contribution in [1.82, 2.24) is 0 Å². The number of hydrogen-bond donors (Lipinski definition) is 0. The van der Waals surface area contributed by atoms with Crippen LogP contribution in [0.25, 0.3) is 0 Å². The average molecular weight is 312 g/mol. The molecule has 22 heavy (non-hydrogen) atoms. The molecule has 0 radical (unpaired) electrons. The molecule has 0 aliphatic heterocycles. The highest BCUT2D eigenvalue weighted by atomic mass is 16.5. The minimum Gasteiger partial charge on any atom is -0.501 e. The van der Waals surface area contributed by atoms with Crippen LogP contribution >= 0.6 is 0 Å². The van der Waals surface area contributed by atoms with E-state index in [9.17, 15) is 9.59 Å². The Morgan fingerprint density at radius 3 is 1.50 bits per heavy atom. The van der Waals surface area contributed by atoms with Crippen LogP contribution in [0, 0.1) is 0 Å². The SMILES string of the molecule is CC=COCCCOC(=O)/C=C/C(=O)OCCCO/C=C\C. The second-order valence-electron chi connectivity index (χ2n) is 4.06. The van der Waals surface area contributed by atoms with Gasteiger partial charge in [-0.15, -0.1) is 0 Å². The third-order valence-electron chi connectivity index (χ3n) is 2.12. The van der Waals surface area contributed by atoms with E-state index in [1.165, 1.54) is 0 Å². The zero-order valence-electron chi connectivity index (χ0n) is 13.2. The van der Waals surface area contributed by atoms with Gasteiger partial charge in [-0.25, -0.2) is 9.59 Å². The zero-order valence-corrected chi connectivity index (χ0v) is 13.2. The molecule has 6 nitrogen and oxygen atoms in total. The summed E-state index contributed by atoms with van der Waals surface area (Å²) in [6, 6.07) is 0. The number of ether oxygens (including phenoxy) is 4. The standard InChI is InChI=1S/C16H24O6/c1-3-9-19-11-5-13-21-15(17)7-8-16(18)22-14-6-12-20-10-4-2/h3-4,7-10H,5-6,11-14H2,1-2H3/b8-7+,9-3-,10-4?. The highest BCUT2D eigenvalue weighted by Crippen LogP contribution is 1.91. The number of rotatable bonds is 12. The predicted octanol–water partition coefficient (Wildman–Crippen LogP) is 2.51. The first-order chi connectivity index (χ1) is 10.7. The van der Waals surface area contributed by atoms with Crippen LogP contribution in [0.15, 0.2) is 36.8 Å². The van der Waals surface area contributed by atoms with Crippen molar-refractivity contribution in [2.24, 2.45) is 0 Å². The Morgan fingerprint density at radius 2 is 1.14 bits per heavy atom. The van der Waals surface area contributed by atoms with E-state index in [-0.39, 0.29) is 13.2 Å². The molecule has 0 aromatic carbocycles. The molecule has 0 fully saturated rings. The molecule has 6 heteroatoms. The Balaban J connectivity index is 3.58. The van der Waals surface area contributed by atoms with Crippen molar-refractivity contribution in [1.29, 1.82) is 0 Å². The molecular formula is C16H24O6. The number of hydrogen-bond acceptors (Lipinski definition) is 6. The molecule has 0 spiro atoms. The molecule has 124 valence electrons. The minimum absolute atomic E-state index is 0.234. The van der Waals surface area contributed by atoms with Gasteiger partial charge in [0.25, 0.3) is 0 Å². The Bertz CT molecular complexity index is 348. The molecule has 0 amide bonds. The van der Waals surface area contributed by atoms with Crippen LogP contribution in [0.3, 0.4) is 0 Å². The minimum atomic E-state index is -0.584. The molecule has 0 rings (SSSR count). The van der Waals surface area contributed by atoms with Gasteiger partial charge in [0.2, 0.25) is 0 Å². The van der Waals surface area contributed by atoms with Gasteiger partial charge in [-0.05, 0) is 13.8 Å². The molecule has 0 aromatic rings. The van der Waals surface area contributed by atoms with E-state index in [0.717, 1.165) is 12.2 Å². The van der Waals surface area contributed by atoms with Gasteiger partial charge in [0.1, 0.15) is 0 Å². The van der Waals surface area contributed by atoms with Crippen LogP contribution in [0.2, 0.25) is 0 Å². The average Bonchev–Trinajstić information content (AvgIpc) is 2.52. The van der Waals surface area contributed by atoms with E-state index in [1.54, 1.807) is 24.7 Å². The summed E-state index contributed by atoms with van der Waals surface area (Å²) in [5.41, 5.74) is 0. The summed E-state index contributed by atoms with van der Waals surface area (Å²) >= 11 is 0. The molecule has 0 aliphatic carbocycles. The normalized spacial score (nSPS) is 11.2. The summed E-state index contributed by atoms with van der Waals surface area (Å²) in [5, 5.41) is 0. The van der Waals surface area contributed by atoms with Crippen molar-refractivity contribution in [3.05, 3.63) is 36.8 Å². The van der Waals surface area contributed by atoms with Gasteiger partial charge in [0, 0.05) is 25.0 Å². The Morgan fingerprint density at radius 1 is 0.727 bits per heavy atom. The highest BCUT2D eigenvalue weighted by Gasteiger charge is 2.01. The largest absolute Gasteiger partial charge is 0.501 e. The summed E-state index contributed by atoms with van der Waals surface area (Å²) in [7, 11) is 0. The van der Waals surface area contributed by atoms with Gasteiger partial charge in [0.15, 0.2) is 0 Å². The topological polar surface area (TPSA) is 71.1 Å². The predicted molar refractivity (Wildman–Crippen MR) is 81.8 cm³/mol. The van der Waals surface area contributed by atoms with Crippen LogP contribution in [0.5, 0.6) is 0 Å². The van der Waals surface area contributed by atoms with Crippen molar-refractivity contribution in [3.8, 4) is 0 Å². The quantitative estimate of drug-likeness (QED) is 0.239. The zero-order chi connectivity index (χ0) is 16.5. The van der Waals surface area contributed by atoms with E-state index < -0.39 is 11.9 Å². The van der Waals surface area contributed by atoms with Crippen molar-refractivity contribution in [2.45, 2.75) is 26.7 Å². The Hall–Kier alpha value is -2.24. The molecule has 0 bridgehead atoms. The summed E-state index contributed by atoms with van der Waals surface area (Å²) in [5.74, 6) is -1.17. The fraction of sp³-hybridized carbons (Fsp3) is 0.500. The first kappa shape index (κ1) is 19.8. The third kappa shape index (κ3) is 14.2.